The molecule has 0 radical (unpaired) electrons. The zero-order valence-electron chi connectivity index (χ0n) is 18.4. The molecule has 0 spiro atoms. The van der Waals surface area contributed by atoms with E-state index in [1.807, 2.05) is 12.1 Å². The lowest BCUT2D eigenvalue weighted by Gasteiger charge is -2.27. The number of hydrogen-bond donors (Lipinski definition) is 3. The predicted molar refractivity (Wildman–Crippen MR) is 122 cm³/mol. The van der Waals surface area contributed by atoms with Gasteiger partial charge in [0.1, 0.15) is 12.0 Å². The SMILES string of the molecule is CC[C@H](F)CNc1ncc(-c2ccc(N3CCCC3=O)cn2)c(NC2CCC(O)CC2)n1. The predicted octanol–water partition coefficient (Wildman–Crippen LogP) is 3.54. The largest absolute Gasteiger partial charge is 0.393 e. The molecule has 0 aromatic carbocycles. The van der Waals surface area contributed by atoms with Crippen molar-refractivity contribution in [1.29, 1.82) is 0 Å². The Bertz CT molecular complexity index is 917. The maximum absolute atomic E-state index is 13.7. The van der Waals surface area contributed by atoms with Gasteiger partial charge >= 0.3 is 0 Å². The molecule has 3 heterocycles. The number of nitrogens with zero attached hydrogens (tertiary/aromatic N) is 4. The number of anilines is 3. The number of rotatable bonds is 8. The van der Waals surface area contributed by atoms with Gasteiger partial charge in [-0.2, -0.15) is 4.98 Å². The van der Waals surface area contributed by atoms with Crippen LogP contribution in [0.15, 0.2) is 24.5 Å². The molecule has 1 saturated carbocycles. The number of hydrogen-bond acceptors (Lipinski definition) is 7. The van der Waals surface area contributed by atoms with Crippen LogP contribution in [0, 0.1) is 0 Å². The van der Waals surface area contributed by atoms with Gasteiger partial charge in [0.05, 0.1) is 29.2 Å². The van der Waals surface area contributed by atoms with E-state index in [0.717, 1.165) is 49.9 Å². The maximum atomic E-state index is 13.7. The lowest BCUT2D eigenvalue weighted by molar-refractivity contribution is -0.117. The van der Waals surface area contributed by atoms with Crippen molar-refractivity contribution in [2.75, 3.05) is 28.6 Å². The van der Waals surface area contributed by atoms with Crippen molar-refractivity contribution in [1.82, 2.24) is 15.0 Å². The van der Waals surface area contributed by atoms with Gasteiger partial charge < -0.3 is 20.6 Å². The molecular formula is C23H31FN6O2. The van der Waals surface area contributed by atoms with Crippen LogP contribution in [0.1, 0.15) is 51.9 Å². The van der Waals surface area contributed by atoms with Crippen LogP contribution in [0.2, 0.25) is 0 Å². The van der Waals surface area contributed by atoms with Gasteiger partial charge in [-0.1, -0.05) is 6.92 Å². The minimum atomic E-state index is -0.961. The van der Waals surface area contributed by atoms with E-state index < -0.39 is 6.17 Å². The van der Waals surface area contributed by atoms with Crippen LogP contribution in [0.25, 0.3) is 11.3 Å². The van der Waals surface area contributed by atoms with E-state index in [0.29, 0.717) is 30.3 Å². The van der Waals surface area contributed by atoms with Gasteiger partial charge in [-0.3, -0.25) is 9.78 Å². The number of aliphatic hydroxyl groups is 1. The normalized spacial score (nSPS) is 22.1. The second-order valence-electron chi connectivity index (χ2n) is 8.54. The average Bonchev–Trinajstić information content (AvgIpc) is 3.25. The fourth-order valence-electron chi connectivity index (χ4n) is 4.15. The molecule has 0 bridgehead atoms. The van der Waals surface area contributed by atoms with Crippen LogP contribution in [0.3, 0.4) is 0 Å². The van der Waals surface area contributed by atoms with Crippen LogP contribution >= 0.6 is 0 Å². The molecule has 2 aromatic rings. The minimum absolute atomic E-state index is 0.124. The summed E-state index contributed by atoms with van der Waals surface area (Å²) in [7, 11) is 0. The number of alkyl halides is 1. The maximum Gasteiger partial charge on any atom is 0.227 e. The first kappa shape index (κ1) is 22.4. The number of aromatic nitrogens is 3. The monoisotopic (exact) mass is 442 g/mol. The minimum Gasteiger partial charge on any atom is -0.393 e. The van der Waals surface area contributed by atoms with Crippen molar-refractivity contribution in [2.24, 2.45) is 0 Å². The summed E-state index contributed by atoms with van der Waals surface area (Å²) in [5, 5.41) is 16.3. The first-order chi connectivity index (χ1) is 15.5. The van der Waals surface area contributed by atoms with Gasteiger partial charge in [-0.25, -0.2) is 9.37 Å². The van der Waals surface area contributed by atoms with E-state index in [1.54, 1.807) is 24.2 Å². The van der Waals surface area contributed by atoms with E-state index in [2.05, 4.69) is 25.6 Å². The fourth-order valence-corrected chi connectivity index (χ4v) is 4.15. The number of carbonyl (C=O) groups is 1. The molecule has 0 unspecified atom stereocenters. The molecule has 1 atom stereocenters. The lowest BCUT2D eigenvalue weighted by atomic mass is 9.93. The fraction of sp³-hybridized carbons (Fsp3) is 0.565. The van der Waals surface area contributed by atoms with E-state index in [-0.39, 0.29) is 24.6 Å². The second-order valence-corrected chi connectivity index (χ2v) is 8.54. The number of aliphatic hydroxyl groups excluding tert-OH is 1. The van der Waals surface area contributed by atoms with Gasteiger partial charge in [0.15, 0.2) is 0 Å². The summed E-state index contributed by atoms with van der Waals surface area (Å²) in [6.45, 7) is 2.67. The summed E-state index contributed by atoms with van der Waals surface area (Å²) in [6.07, 6.45) is 7.26. The molecular weight excluding hydrogens is 411 g/mol. The topological polar surface area (TPSA) is 103 Å². The van der Waals surface area contributed by atoms with Crippen molar-refractivity contribution in [3.63, 3.8) is 0 Å². The summed E-state index contributed by atoms with van der Waals surface area (Å²) < 4.78 is 13.7. The lowest BCUT2D eigenvalue weighted by Crippen LogP contribution is -2.29. The number of nitrogens with one attached hydrogen (secondary N) is 2. The Balaban J connectivity index is 1.57. The number of pyridine rings is 1. The second kappa shape index (κ2) is 10.2. The molecule has 9 heteroatoms. The zero-order chi connectivity index (χ0) is 22.5. The Morgan fingerprint density at radius 3 is 2.69 bits per heavy atom. The molecule has 4 rings (SSSR count). The molecule has 3 N–H and O–H groups in total. The highest BCUT2D eigenvalue weighted by Crippen LogP contribution is 2.30. The Morgan fingerprint density at radius 1 is 1.22 bits per heavy atom. The highest BCUT2D eigenvalue weighted by Gasteiger charge is 2.23. The van der Waals surface area contributed by atoms with Gasteiger partial charge in [-0.05, 0) is 50.7 Å². The Kier molecular flexibility index (Phi) is 7.14. The average molecular weight is 443 g/mol. The first-order valence-corrected chi connectivity index (χ1v) is 11.5. The summed E-state index contributed by atoms with van der Waals surface area (Å²) in [4.78, 5) is 27.3. The summed E-state index contributed by atoms with van der Waals surface area (Å²) in [5.74, 6) is 1.12. The smallest absolute Gasteiger partial charge is 0.227 e. The van der Waals surface area contributed by atoms with E-state index in [1.165, 1.54) is 0 Å². The molecule has 2 fully saturated rings. The quantitative estimate of drug-likeness (QED) is 0.574. The van der Waals surface area contributed by atoms with Crippen LogP contribution in [0.4, 0.5) is 21.8 Å². The summed E-state index contributed by atoms with van der Waals surface area (Å²) >= 11 is 0. The first-order valence-electron chi connectivity index (χ1n) is 11.5. The molecule has 8 nitrogen and oxygen atoms in total. The molecule has 1 aliphatic carbocycles. The van der Waals surface area contributed by atoms with E-state index in [4.69, 9.17) is 0 Å². The third-order valence-electron chi connectivity index (χ3n) is 6.16. The third-order valence-corrected chi connectivity index (χ3v) is 6.16. The van der Waals surface area contributed by atoms with Gasteiger partial charge in [0, 0.05) is 31.7 Å². The van der Waals surface area contributed by atoms with Crippen molar-refractivity contribution < 1.29 is 14.3 Å². The highest BCUT2D eigenvalue weighted by molar-refractivity contribution is 5.95. The van der Waals surface area contributed by atoms with E-state index >= 15 is 0 Å². The van der Waals surface area contributed by atoms with Gasteiger partial charge in [0.25, 0.3) is 0 Å². The van der Waals surface area contributed by atoms with Crippen LogP contribution in [-0.4, -0.2) is 57.4 Å². The van der Waals surface area contributed by atoms with Crippen molar-refractivity contribution in [3.8, 4) is 11.3 Å². The summed E-state index contributed by atoms with van der Waals surface area (Å²) in [5.41, 5.74) is 2.23. The number of carbonyl (C=O) groups excluding carboxylic acids is 1. The molecule has 1 aliphatic heterocycles. The molecule has 1 saturated heterocycles. The van der Waals surface area contributed by atoms with Crippen molar-refractivity contribution >= 4 is 23.4 Å². The van der Waals surface area contributed by atoms with Crippen LogP contribution in [-0.2, 0) is 4.79 Å². The van der Waals surface area contributed by atoms with Crippen molar-refractivity contribution in [3.05, 3.63) is 24.5 Å². The van der Waals surface area contributed by atoms with E-state index in [9.17, 15) is 14.3 Å². The van der Waals surface area contributed by atoms with Gasteiger partial charge in [-0.15, -0.1) is 0 Å². The standard InChI is InChI=1S/C23H31FN6O2/c1-2-15(24)12-26-23-27-14-19(22(29-23)28-16-5-8-18(31)9-6-16)20-10-7-17(13-25-20)30-11-3-4-21(30)32/h7,10,13-16,18,31H,2-6,8-9,11-12H2,1H3,(H2,26,27,28,29)/t15-,16?,18?/m0/s1. The Labute approximate surface area is 187 Å². The highest BCUT2D eigenvalue weighted by atomic mass is 19.1. The summed E-state index contributed by atoms with van der Waals surface area (Å²) in [6, 6.07) is 3.95. The third kappa shape index (κ3) is 5.32. The number of halogens is 1. The zero-order valence-corrected chi connectivity index (χ0v) is 18.4. The molecule has 1 amide bonds. The Morgan fingerprint density at radius 2 is 2.03 bits per heavy atom. The molecule has 32 heavy (non-hydrogen) atoms. The Hall–Kier alpha value is -2.81. The van der Waals surface area contributed by atoms with Gasteiger partial charge in [0.2, 0.25) is 11.9 Å². The molecule has 2 aliphatic rings. The molecule has 172 valence electrons. The van der Waals surface area contributed by atoms with Crippen LogP contribution in [0.5, 0.6) is 0 Å². The van der Waals surface area contributed by atoms with Crippen LogP contribution < -0.4 is 15.5 Å². The number of amides is 1. The molecule has 2 aromatic heterocycles. The van der Waals surface area contributed by atoms with Crippen molar-refractivity contribution in [2.45, 2.75) is 70.2 Å².